The van der Waals surface area contributed by atoms with E-state index in [1.54, 1.807) is 0 Å². The van der Waals surface area contributed by atoms with E-state index >= 15 is 0 Å². The maximum atomic E-state index is 10.9. The fourth-order valence-corrected chi connectivity index (χ4v) is 0.938. The van der Waals surface area contributed by atoms with Gasteiger partial charge in [0.25, 0.3) is 0 Å². The lowest BCUT2D eigenvalue weighted by Gasteiger charge is -1.97. The van der Waals surface area contributed by atoms with Crippen LogP contribution in [-0.4, -0.2) is 27.5 Å². The van der Waals surface area contributed by atoms with E-state index in [1.807, 2.05) is 13.8 Å². The molecule has 0 saturated carbocycles. The van der Waals surface area contributed by atoms with Crippen LogP contribution in [0.4, 0.5) is 0 Å². The summed E-state index contributed by atoms with van der Waals surface area (Å²) in [7, 11) is 0. The molecule has 0 spiro atoms. The van der Waals surface area contributed by atoms with Crippen molar-refractivity contribution in [3.05, 3.63) is 12.2 Å². The molecule has 3 nitrogen and oxygen atoms in total. The van der Waals surface area contributed by atoms with E-state index in [-0.39, 0.29) is 17.8 Å². The molecule has 0 unspecified atom stereocenters. The molecule has 0 atom stereocenters. The van der Waals surface area contributed by atoms with Crippen LogP contribution in [0.2, 0.25) is 0 Å². The van der Waals surface area contributed by atoms with Crippen molar-refractivity contribution in [1.82, 2.24) is 0 Å². The molecular weight excluding hydrogens is 130 g/mol. The Balaban J connectivity index is 2.96. The zero-order chi connectivity index (χ0) is 7.72. The van der Waals surface area contributed by atoms with Gasteiger partial charge in [-0.05, 0) is 13.8 Å². The fraction of sp³-hybridized carbons (Fsp3) is 0.429. The first-order chi connectivity index (χ1) is 4.63. The molecule has 54 valence electrons. The van der Waals surface area contributed by atoms with Crippen molar-refractivity contribution in [3.8, 4) is 0 Å². The number of rotatable bonds is 1. The Kier molecular flexibility index (Phi) is 1.57. The Hall–Kier alpha value is -1.12. The number of aliphatic hydroxyl groups is 1. The van der Waals surface area contributed by atoms with E-state index < -0.39 is 0 Å². The zero-order valence-electron chi connectivity index (χ0n) is 6.03. The summed E-state index contributed by atoms with van der Waals surface area (Å²) in [5.41, 5.74) is 0. The molecule has 0 aromatic carbocycles. The molecule has 0 aliphatic carbocycles. The average molecular weight is 140 g/mol. The van der Waals surface area contributed by atoms with Crippen LogP contribution < -0.4 is 0 Å². The van der Waals surface area contributed by atoms with Gasteiger partial charge in [0.1, 0.15) is 0 Å². The van der Waals surface area contributed by atoms with Gasteiger partial charge in [0.05, 0.1) is 12.2 Å². The fourth-order valence-electron chi connectivity index (χ4n) is 0.938. The third-order valence-corrected chi connectivity index (χ3v) is 1.38. The molecule has 0 saturated heterocycles. The van der Waals surface area contributed by atoms with Crippen LogP contribution in [0.5, 0.6) is 0 Å². The summed E-state index contributed by atoms with van der Waals surface area (Å²) >= 11 is 0. The minimum Gasteiger partial charge on any atom is -0.460 e. The number of hydrogen-bond donors (Lipinski definition) is 1. The zero-order valence-corrected chi connectivity index (χ0v) is 6.03. The number of carbonyl (C=O) groups is 1. The Bertz CT molecular complexity index is 226. The van der Waals surface area contributed by atoms with Crippen LogP contribution in [0.3, 0.4) is 0 Å². The molecule has 0 aromatic heterocycles. The SMILES string of the molecule is CC(C)[N+]1=C(O)C=CC1=O. The smallest absolute Gasteiger partial charge is 0.415 e. The summed E-state index contributed by atoms with van der Waals surface area (Å²) in [6, 6.07) is 0.0301. The molecule has 1 rings (SSSR count). The maximum Gasteiger partial charge on any atom is 0.415 e. The largest absolute Gasteiger partial charge is 0.460 e. The Morgan fingerprint density at radius 3 is 2.30 bits per heavy atom. The number of hydrogen-bond acceptors (Lipinski definition) is 1. The van der Waals surface area contributed by atoms with Gasteiger partial charge in [0, 0.05) is 0 Å². The van der Waals surface area contributed by atoms with Crippen molar-refractivity contribution in [1.29, 1.82) is 0 Å². The lowest BCUT2D eigenvalue weighted by molar-refractivity contribution is -0.479. The number of amides is 1. The van der Waals surface area contributed by atoms with Crippen molar-refractivity contribution in [2.75, 3.05) is 0 Å². The summed E-state index contributed by atoms with van der Waals surface area (Å²) in [6.45, 7) is 3.70. The van der Waals surface area contributed by atoms with Gasteiger partial charge >= 0.3 is 11.8 Å². The van der Waals surface area contributed by atoms with E-state index in [0.717, 1.165) is 0 Å². The number of aliphatic hydroxyl groups excluding tert-OH is 1. The highest BCUT2D eigenvalue weighted by molar-refractivity contribution is 5.99. The summed E-state index contributed by atoms with van der Waals surface area (Å²) in [5.74, 6) is -0.104. The second-order valence-corrected chi connectivity index (χ2v) is 2.49. The van der Waals surface area contributed by atoms with Gasteiger partial charge in [-0.2, -0.15) is 0 Å². The molecule has 1 aliphatic heterocycles. The van der Waals surface area contributed by atoms with Crippen LogP contribution in [0.15, 0.2) is 12.2 Å². The number of carbonyl (C=O) groups excluding carboxylic acids is 1. The molecule has 3 heteroatoms. The van der Waals surface area contributed by atoms with E-state index in [4.69, 9.17) is 5.11 Å². The van der Waals surface area contributed by atoms with Gasteiger partial charge in [-0.25, -0.2) is 4.79 Å². The van der Waals surface area contributed by atoms with E-state index in [9.17, 15) is 4.79 Å². The molecule has 1 N–H and O–H groups in total. The van der Waals surface area contributed by atoms with Gasteiger partial charge in [-0.3, -0.25) is 0 Å². The van der Waals surface area contributed by atoms with Gasteiger partial charge in [0.2, 0.25) is 0 Å². The first kappa shape index (κ1) is 6.99. The summed E-state index contributed by atoms with van der Waals surface area (Å²) in [5, 5.41) is 9.06. The van der Waals surface area contributed by atoms with Crippen LogP contribution in [0.1, 0.15) is 13.8 Å². The molecular formula is C7H10NO2+. The van der Waals surface area contributed by atoms with E-state index in [0.29, 0.717) is 0 Å². The Morgan fingerprint density at radius 2 is 2.10 bits per heavy atom. The van der Waals surface area contributed by atoms with Crippen LogP contribution in [-0.2, 0) is 4.79 Å². The van der Waals surface area contributed by atoms with Crippen LogP contribution in [0, 0.1) is 0 Å². The average Bonchev–Trinajstić information content (AvgIpc) is 2.11. The van der Waals surface area contributed by atoms with Gasteiger partial charge in [-0.1, -0.05) is 0 Å². The maximum absolute atomic E-state index is 10.9. The molecule has 0 fully saturated rings. The lowest BCUT2D eigenvalue weighted by Crippen LogP contribution is -2.27. The molecule has 0 radical (unpaired) electrons. The van der Waals surface area contributed by atoms with Gasteiger partial charge < -0.3 is 5.11 Å². The topological polar surface area (TPSA) is 40.3 Å². The first-order valence-corrected chi connectivity index (χ1v) is 3.20. The van der Waals surface area contributed by atoms with Crippen molar-refractivity contribution >= 4 is 11.8 Å². The lowest BCUT2D eigenvalue weighted by atomic mass is 10.4. The van der Waals surface area contributed by atoms with E-state index in [1.165, 1.54) is 16.7 Å². The van der Waals surface area contributed by atoms with Crippen molar-refractivity contribution < 1.29 is 14.5 Å². The minimum absolute atomic E-state index is 0.0301. The van der Waals surface area contributed by atoms with Crippen molar-refractivity contribution in [2.24, 2.45) is 0 Å². The highest BCUT2D eigenvalue weighted by Crippen LogP contribution is 1.99. The third kappa shape index (κ3) is 0.943. The summed E-state index contributed by atoms with van der Waals surface area (Å²) in [4.78, 5) is 10.9. The standard InChI is InChI=1S/C7H9NO2/c1-5(2)8-6(9)3-4-7(8)10/h3-5H,1-2H3/p+1. The molecule has 1 amide bonds. The second-order valence-electron chi connectivity index (χ2n) is 2.49. The second kappa shape index (κ2) is 2.25. The Morgan fingerprint density at radius 1 is 1.50 bits per heavy atom. The molecule has 0 bridgehead atoms. The van der Waals surface area contributed by atoms with Gasteiger partial charge in [0.15, 0.2) is 6.04 Å². The first-order valence-electron chi connectivity index (χ1n) is 3.20. The highest BCUT2D eigenvalue weighted by Gasteiger charge is 2.28. The predicted octanol–water partition coefficient (Wildman–Crippen LogP) is 0.460. The van der Waals surface area contributed by atoms with Gasteiger partial charge in [-0.15, -0.1) is 4.58 Å². The van der Waals surface area contributed by atoms with E-state index in [2.05, 4.69) is 0 Å². The Labute approximate surface area is 59.3 Å². The quantitative estimate of drug-likeness (QED) is 0.537. The summed E-state index contributed by atoms with van der Waals surface area (Å²) < 4.78 is 1.33. The molecule has 1 heterocycles. The third-order valence-electron chi connectivity index (χ3n) is 1.38. The monoisotopic (exact) mass is 140 g/mol. The highest BCUT2D eigenvalue weighted by atomic mass is 16.3. The van der Waals surface area contributed by atoms with Crippen molar-refractivity contribution in [2.45, 2.75) is 19.9 Å². The minimum atomic E-state index is -0.146. The summed E-state index contributed by atoms with van der Waals surface area (Å²) in [6.07, 6.45) is 2.76. The molecule has 1 aliphatic rings. The molecule has 10 heavy (non-hydrogen) atoms. The van der Waals surface area contributed by atoms with Crippen LogP contribution >= 0.6 is 0 Å². The molecule has 0 aromatic rings. The van der Waals surface area contributed by atoms with Crippen molar-refractivity contribution in [3.63, 3.8) is 0 Å². The predicted molar refractivity (Wildman–Crippen MR) is 37.2 cm³/mol. The number of nitrogens with zero attached hydrogens (tertiary/aromatic N) is 1. The normalized spacial score (nSPS) is 17.7. The van der Waals surface area contributed by atoms with Crippen LogP contribution in [0.25, 0.3) is 0 Å².